The van der Waals surface area contributed by atoms with E-state index < -0.39 is 4.92 Å². The minimum Gasteiger partial charge on any atom is -0.391 e. The molecule has 4 atom stereocenters. The summed E-state index contributed by atoms with van der Waals surface area (Å²) in [7, 11) is 1.62. The van der Waals surface area contributed by atoms with Crippen LogP contribution < -0.4 is 0 Å². The van der Waals surface area contributed by atoms with Gasteiger partial charge in [-0.2, -0.15) is 0 Å². The molecule has 4 unspecified atom stereocenters. The van der Waals surface area contributed by atoms with Crippen LogP contribution in [0.4, 0.5) is 5.82 Å². The van der Waals surface area contributed by atoms with Gasteiger partial charge >= 0.3 is 5.82 Å². The summed E-state index contributed by atoms with van der Waals surface area (Å²) in [6.45, 7) is 0. The minimum absolute atomic E-state index is 0.0227. The molecule has 4 rings (SSSR count). The molecule has 1 saturated heterocycles. The predicted molar refractivity (Wildman–Crippen MR) is 62.7 cm³/mol. The topological polar surface area (TPSA) is 95.1 Å². The summed E-state index contributed by atoms with van der Waals surface area (Å²) in [5, 5.41) is 14.9. The van der Waals surface area contributed by atoms with E-state index in [1.54, 1.807) is 7.05 Å². The van der Waals surface area contributed by atoms with Gasteiger partial charge < -0.3 is 19.7 Å². The number of oxime groups is 1. The number of nitro groups is 1. The van der Waals surface area contributed by atoms with E-state index in [1.807, 2.05) is 0 Å². The monoisotopic (exact) mass is 264 g/mol. The maximum absolute atomic E-state index is 10.8. The number of epoxide rings is 1. The molecule has 0 N–H and O–H groups in total. The van der Waals surface area contributed by atoms with Crippen LogP contribution in [0.25, 0.3) is 0 Å². The largest absolute Gasteiger partial charge is 0.391 e. The number of fused-ring (bicyclic) bond motifs is 2. The van der Waals surface area contributed by atoms with Crippen LogP contribution in [0.3, 0.4) is 0 Å². The molecule has 0 radical (unpaired) electrons. The molecule has 2 fully saturated rings. The van der Waals surface area contributed by atoms with Gasteiger partial charge in [0, 0.05) is 6.42 Å². The van der Waals surface area contributed by atoms with Gasteiger partial charge in [-0.15, -0.1) is 0 Å². The highest BCUT2D eigenvalue weighted by molar-refractivity contribution is 6.00. The van der Waals surface area contributed by atoms with Crippen LogP contribution >= 0.6 is 0 Å². The second-order valence-electron chi connectivity index (χ2n) is 5.17. The molecule has 0 amide bonds. The second-order valence-corrected chi connectivity index (χ2v) is 5.17. The first-order chi connectivity index (χ1) is 9.15. The second kappa shape index (κ2) is 3.53. The first kappa shape index (κ1) is 10.9. The molecule has 2 aliphatic heterocycles. The van der Waals surface area contributed by atoms with Gasteiger partial charge in [-0.1, -0.05) is 5.16 Å². The Morgan fingerprint density at radius 2 is 2.21 bits per heavy atom. The van der Waals surface area contributed by atoms with Gasteiger partial charge in [0.25, 0.3) is 0 Å². The maximum Gasteiger partial charge on any atom is 0.342 e. The highest BCUT2D eigenvalue weighted by Crippen LogP contribution is 2.44. The van der Waals surface area contributed by atoms with E-state index in [4.69, 9.17) is 9.57 Å². The Kier molecular flexibility index (Phi) is 2.03. The first-order valence-electron chi connectivity index (χ1n) is 6.21. The molecule has 1 aliphatic carbocycles. The lowest BCUT2D eigenvalue weighted by molar-refractivity contribution is -0.391. The standard InChI is InChI=1S/C11H12N4O4/c1-14-9(15(16)17)4-12-11(14)10-5-2-7-8(18-7)3-6(5)19-13-10/h4-8H,2-3H2,1H3. The molecule has 8 nitrogen and oxygen atoms in total. The van der Waals surface area contributed by atoms with Crippen LogP contribution in [0, 0.1) is 16.0 Å². The van der Waals surface area contributed by atoms with Crippen LogP contribution in [0.2, 0.25) is 0 Å². The Labute approximate surface area is 108 Å². The van der Waals surface area contributed by atoms with Gasteiger partial charge in [-0.25, -0.2) is 9.55 Å². The molecule has 19 heavy (non-hydrogen) atoms. The number of rotatable bonds is 2. The fourth-order valence-corrected chi connectivity index (χ4v) is 3.00. The molecular formula is C11H12N4O4. The molecule has 0 spiro atoms. The van der Waals surface area contributed by atoms with E-state index in [0.29, 0.717) is 23.7 Å². The Hall–Kier alpha value is -1.96. The SMILES string of the molecule is Cn1c([N+](=O)[O-])cnc1C1=NOC2CC3OC3CC12. The Morgan fingerprint density at radius 3 is 2.95 bits per heavy atom. The summed E-state index contributed by atoms with van der Waals surface area (Å²) in [6.07, 6.45) is 3.58. The highest BCUT2D eigenvalue weighted by Gasteiger charge is 2.54. The van der Waals surface area contributed by atoms with Crippen molar-refractivity contribution in [2.45, 2.75) is 31.2 Å². The van der Waals surface area contributed by atoms with Gasteiger partial charge in [-0.05, 0) is 11.3 Å². The summed E-state index contributed by atoms with van der Waals surface area (Å²) in [5.41, 5.74) is 0.703. The van der Waals surface area contributed by atoms with E-state index in [-0.39, 0.29) is 17.8 Å². The van der Waals surface area contributed by atoms with Gasteiger partial charge in [0.2, 0.25) is 5.82 Å². The molecule has 1 aromatic heterocycles. The summed E-state index contributed by atoms with van der Waals surface area (Å²) in [6, 6.07) is 0. The van der Waals surface area contributed by atoms with Crippen molar-refractivity contribution in [3.8, 4) is 0 Å². The van der Waals surface area contributed by atoms with Gasteiger partial charge in [0.05, 0.1) is 25.2 Å². The number of nitrogens with zero attached hydrogens (tertiary/aromatic N) is 4. The Bertz CT molecular complexity index is 596. The maximum atomic E-state index is 10.8. The zero-order valence-electron chi connectivity index (χ0n) is 10.2. The van der Waals surface area contributed by atoms with E-state index in [9.17, 15) is 10.1 Å². The smallest absolute Gasteiger partial charge is 0.342 e. The van der Waals surface area contributed by atoms with Crippen molar-refractivity contribution < 1.29 is 14.5 Å². The molecule has 3 aliphatic rings. The van der Waals surface area contributed by atoms with Crippen molar-refractivity contribution in [2.75, 3.05) is 0 Å². The van der Waals surface area contributed by atoms with Crippen molar-refractivity contribution in [1.82, 2.24) is 9.55 Å². The summed E-state index contributed by atoms with van der Waals surface area (Å²) < 4.78 is 6.95. The number of aromatic nitrogens is 2. The molecule has 1 aromatic rings. The Balaban J connectivity index is 1.67. The van der Waals surface area contributed by atoms with E-state index in [1.165, 1.54) is 10.8 Å². The lowest BCUT2D eigenvalue weighted by Gasteiger charge is -2.19. The number of hydrogen-bond donors (Lipinski definition) is 0. The number of imidazole rings is 1. The fourth-order valence-electron chi connectivity index (χ4n) is 3.00. The quantitative estimate of drug-likeness (QED) is 0.443. The molecule has 3 heterocycles. The predicted octanol–water partition coefficient (Wildman–Crippen LogP) is 0.609. The van der Waals surface area contributed by atoms with Crippen molar-refractivity contribution in [3.05, 3.63) is 22.1 Å². The number of hydrogen-bond acceptors (Lipinski definition) is 6. The molecule has 1 saturated carbocycles. The number of ether oxygens (including phenoxy) is 1. The normalized spacial score (nSPS) is 35.1. The van der Waals surface area contributed by atoms with E-state index in [2.05, 4.69) is 10.1 Å². The fraction of sp³-hybridized carbons (Fsp3) is 0.636. The van der Waals surface area contributed by atoms with E-state index in [0.717, 1.165) is 12.8 Å². The van der Waals surface area contributed by atoms with Crippen molar-refractivity contribution in [3.63, 3.8) is 0 Å². The average molecular weight is 264 g/mol. The van der Waals surface area contributed by atoms with Gasteiger partial charge in [-0.3, -0.25) is 0 Å². The molecule has 0 bridgehead atoms. The molecule has 8 heteroatoms. The highest BCUT2D eigenvalue weighted by atomic mass is 16.7. The minimum atomic E-state index is -0.453. The average Bonchev–Trinajstić information content (AvgIpc) is 2.85. The Morgan fingerprint density at radius 1 is 1.42 bits per heavy atom. The van der Waals surface area contributed by atoms with Crippen LogP contribution in [-0.4, -0.2) is 38.5 Å². The third-order valence-corrected chi connectivity index (χ3v) is 4.10. The molecule has 0 aromatic carbocycles. The molecule has 100 valence electrons. The lowest BCUT2D eigenvalue weighted by Crippen LogP contribution is -2.32. The van der Waals surface area contributed by atoms with Crippen LogP contribution in [0.5, 0.6) is 0 Å². The van der Waals surface area contributed by atoms with Gasteiger partial charge in [0.15, 0.2) is 5.71 Å². The van der Waals surface area contributed by atoms with Crippen molar-refractivity contribution in [2.24, 2.45) is 18.1 Å². The third-order valence-electron chi connectivity index (χ3n) is 4.10. The van der Waals surface area contributed by atoms with E-state index >= 15 is 0 Å². The summed E-state index contributed by atoms with van der Waals surface area (Å²) in [4.78, 5) is 19.9. The van der Waals surface area contributed by atoms with Crippen molar-refractivity contribution >= 4 is 11.5 Å². The summed E-state index contributed by atoms with van der Waals surface area (Å²) in [5.74, 6) is 0.597. The molecular weight excluding hydrogens is 252 g/mol. The third kappa shape index (κ3) is 1.49. The first-order valence-corrected chi connectivity index (χ1v) is 6.21. The van der Waals surface area contributed by atoms with Crippen LogP contribution in [0.15, 0.2) is 11.4 Å². The summed E-state index contributed by atoms with van der Waals surface area (Å²) >= 11 is 0. The van der Waals surface area contributed by atoms with Gasteiger partial charge in [0.1, 0.15) is 12.3 Å². The van der Waals surface area contributed by atoms with Crippen LogP contribution in [-0.2, 0) is 16.6 Å². The zero-order chi connectivity index (χ0) is 13.1. The van der Waals surface area contributed by atoms with Crippen LogP contribution in [0.1, 0.15) is 18.7 Å². The lowest BCUT2D eigenvalue weighted by atomic mass is 9.83. The van der Waals surface area contributed by atoms with Crippen molar-refractivity contribution in [1.29, 1.82) is 0 Å². The zero-order valence-corrected chi connectivity index (χ0v) is 10.2.